The van der Waals surface area contributed by atoms with Crippen molar-refractivity contribution in [3.05, 3.63) is 0 Å². The molecule has 0 aromatic heterocycles. The van der Waals surface area contributed by atoms with Crippen molar-refractivity contribution in [2.75, 3.05) is 13.1 Å². The van der Waals surface area contributed by atoms with Crippen molar-refractivity contribution in [1.82, 2.24) is 9.80 Å². The maximum absolute atomic E-state index is 11.8. The van der Waals surface area contributed by atoms with Gasteiger partial charge in [-0.05, 0) is 47.0 Å². The van der Waals surface area contributed by atoms with E-state index in [1.807, 2.05) is 0 Å². The highest BCUT2D eigenvalue weighted by Crippen LogP contribution is 2.29. The first-order valence-corrected chi connectivity index (χ1v) is 6.96. The number of nitrogens with zero attached hydrogens (tertiary/aromatic N) is 2. The first-order chi connectivity index (χ1) is 7.89. The molecule has 2 aliphatic heterocycles. The lowest BCUT2D eigenvalue weighted by atomic mass is 9.92. The number of amides is 1. The zero-order chi connectivity index (χ0) is 12.6. The van der Waals surface area contributed by atoms with E-state index in [0.29, 0.717) is 18.0 Å². The van der Waals surface area contributed by atoms with Crippen LogP contribution in [-0.2, 0) is 4.79 Å². The van der Waals surface area contributed by atoms with Gasteiger partial charge in [0, 0.05) is 37.1 Å². The van der Waals surface area contributed by atoms with Crippen molar-refractivity contribution in [2.45, 2.75) is 71.0 Å². The number of carbonyl (C=O) groups excluding carboxylic acids is 1. The Morgan fingerprint density at radius 2 is 1.94 bits per heavy atom. The fourth-order valence-corrected chi connectivity index (χ4v) is 3.48. The second kappa shape index (κ2) is 4.60. The molecule has 1 amide bonds. The predicted molar refractivity (Wildman–Crippen MR) is 69.9 cm³/mol. The van der Waals surface area contributed by atoms with Crippen LogP contribution in [0.5, 0.6) is 0 Å². The van der Waals surface area contributed by atoms with E-state index in [2.05, 4.69) is 37.5 Å². The summed E-state index contributed by atoms with van der Waals surface area (Å²) >= 11 is 0. The van der Waals surface area contributed by atoms with Gasteiger partial charge in [-0.15, -0.1) is 0 Å². The monoisotopic (exact) mass is 238 g/mol. The molecular weight excluding hydrogens is 212 g/mol. The summed E-state index contributed by atoms with van der Waals surface area (Å²) in [6.45, 7) is 11.3. The highest BCUT2D eigenvalue weighted by atomic mass is 16.2. The van der Waals surface area contributed by atoms with Crippen molar-refractivity contribution in [3.63, 3.8) is 0 Å². The molecule has 0 aromatic carbocycles. The minimum Gasteiger partial charge on any atom is -0.340 e. The molecule has 2 unspecified atom stereocenters. The molecular formula is C14H26N2O. The Morgan fingerprint density at radius 3 is 2.41 bits per heavy atom. The van der Waals surface area contributed by atoms with Gasteiger partial charge in [0.1, 0.15) is 0 Å². The van der Waals surface area contributed by atoms with E-state index >= 15 is 0 Å². The minimum atomic E-state index is 0.249. The van der Waals surface area contributed by atoms with E-state index in [9.17, 15) is 4.79 Å². The molecule has 2 aliphatic rings. The van der Waals surface area contributed by atoms with E-state index in [-0.39, 0.29) is 5.54 Å². The van der Waals surface area contributed by atoms with Gasteiger partial charge in [0.05, 0.1) is 0 Å². The van der Waals surface area contributed by atoms with Crippen LogP contribution in [0, 0.1) is 0 Å². The van der Waals surface area contributed by atoms with Crippen molar-refractivity contribution in [2.24, 2.45) is 0 Å². The third-order valence-corrected chi connectivity index (χ3v) is 4.26. The van der Waals surface area contributed by atoms with Gasteiger partial charge in [-0.3, -0.25) is 9.69 Å². The highest BCUT2D eigenvalue weighted by molar-refractivity contribution is 5.78. The molecule has 0 radical (unpaired) electrons. The Labute approximate surface area is 105 Å². The summed E-state index contributed by atoms with van der Waals surface area (Å²) in [6.07, 6.45) is 4.12. The fourth-order valence-electron chi connectivity index (χ4n) is 3.48. The standard InChI is InChI=1S/C14H26N2O/c1-11-10-12(15-8-5-6-13(15)17)7-9-16(11)14(2,3)4/h11-12H,5-10H2,1-4H3. The summed E-state index contributed by atoms with van der Waals surface area (Å²) in [4.78, 5) is 16.5. The molecule has 0 saturated carbocycles. The van der Waals surface area contributed by atoms with Gasteiger partial charge in [0.2, 0.25) is 5.91 Å². The number of carbonyl (C=O) groups is 1. The molecule has 98 valence electrons. The number of piperidine rings is 1. The van der Waals surface area contributed by atoms with Crippen molar-refractivity contribution in [3.8, 4) is 0 Å². The highest BCUT2D eigenvalue weighted by Gasteiger charge is 2.36. The van der Waals surface area contributed by atoms with Crippen LogP contribution in [-0.4, -0.2) is 46.4 Å². The minimum absolute atomic E-state index is 0.249. The topological polar surface area (TPSA) is 23.6 Å². The Balaban J connectivity index is 1.97. The maximum atomic E-state index is 11.8. The third kappa shape index (κ3) is 2.65. The summed E-state index contributed by atoms with van der Waals surface area (Å²) in [7, 11) is 0. The zero-order valence-electron chi connectivity index (χ0n) is 11.7. The molecule has 0 aliphatic carbocycles. The smallest absolute Gasteiger partial charge is 0.222 e. The number of likely N-dealkylation sites (tertiary alicyclic amines) is 2. The molecule has 0 aromatic rings. The molecule has 2 fully saturated rings. The van der Waals surface area contributed by atoms with Gasteiger partial charge in [-0.2, -0.15) is 0 Å². The van der Waals surface area contributed by atoms with Crippen LogP contribution in [0.25, 0.3) is 0 Å². The molecule has 2 atom stereocenters. The van der Waals surface area contributed by atoms with Crippen LogP contribution in [0.4, 0.5) is 0 Å². The summed E-state index contributed by atoms with van der Waals surface area (Å²) in [6, 6.07) is 1.08. The zero-order valence-corrected chi connectivity index (χ0v) is 11.7. The van der Waals surface area contributed by atoms with Crippen LogP contribution in [0.1, 0.15) is 53.4 Å². The van der Waals surface area contributed by atoms with Gasteiger partial charge < -0.3 is 4.90 Å². The normalized spacial score (nSPS) is 32.2. The van der Waals surface area contributed by atoms with E-state index in [0.717, 1.165) is 38.8 Å². The molecule has 2 rings (SSSR count). The average Bonchev–Trinajstić information content (AvgIpc) is 2.62. The van der Waals surface area contributed by atoms with Crippen LogP contribution in [0.2, 0.25) is 0 Å². The quantitative estimate of drug-likeness (QED) is 0.699. The lowest BCUT2D eigenvalue weighted by Crippen LogP contribution is -2.55. The predicted octanol–water partition coefficient (Wildman–Crippen LogP) is 2.26. The van der Waals surface area contributed by atoms with Gasteiger partial charge in [0.25, 0.3) is 0 Å². The van der Waals surface area contributed by atoms with Crippen molar-refractivity contribution >= 4 is 5.91 Å². The number of rotatable bonds is 1. The SMILES string of the molecule is CC1CC(N2CCCC2=O)CCN1C(C)(C)C. The second-order valence-electron chi connectivity index (χ2n) is 6.58. The van der Waals surface area contributed by atoms with Crippen molar-refractivity contribution in [1.29, 1.82) is 0 Å². The Hall–Kier alpha value is -0.570. The third-order valence-electron chi connectivity index (χ3n) is 4.26. The van der Waals surface area contributed by atoms with E-state index in [1.54, 1.807) is 0 Å². The van der Waals surface area contributed by atoms with Gasteiger partial charge in [-0.1, -0.05) is 0 Å². The lowest BCUT2D eigenvalue weighted by Gasteiger charge is -2.47. The lowest BCUT2D eigenvalue weighted by molar-refractivity contribution is -0.131. The Kier molecular flexibility index (Phi) is 3.48. The molecule has 17 heavy (non-hydrogen) atoms. The summed E-state index contributed by atoms with van der Waals surface area (Å²) in [5.41, 5.74) is 0.249. The number of hydrogen-bond donors (Lipinski definition) is 0. The molecule has 3 nitrogen and oxygen atoms in total. The molecule has 3 heteroatoms. The maximum Gasteiger partial charge on any atom is 0.222 e. The molecule has 0 N–H and O–H groups in total. The van der Waals surface area contributed by atoms with Crippen LogP contribution < -0.4 is 0 Å². The van der Waals surface area contributed by atoms with Crippen LogP contribution in [0.3, 0.4) is 0 Å². The van der Waals surface area contributed by atoms with Gasteiger partial charge in [-0.25, -0.2) is 0 Å². The number of hydrogen-bond acceptors (Lipinski definition) is 2. The summed E-state index contributed by atoms with van der Waals surface area (Å²) in [5, 5.41) is 0. The van der Waals surface area contributed by atoms with Gasteiger partial charge >= 0.3 is 0 Å². The first-order valence-electron chi connectivity index (χ1n) is 6.96. The average molecular weight is 238 g/mol. The van der Waals surface area contributed by atoms with E-state index in [4.69, 9.17) is 0 Å². The largest absolute Gasteiger partial charge is 0.340 e. The molecule has 0 bridgehead atoms. The Morgan fingerprint density at radius 1 is 1.24 bits per heavy atom. The molecule has 2 saturated heterocycles. The van der Waals surface area contributed by atoms with Crippen molar-refractivity contribution < 1.29 is 4.79 Å². The first kappa shape index (κ1) is 12.9. The molecule has 2 heterocycles. The summed E-state index contributed by atoms with van der Waals surface area (Å²) in [5.74, 6) is 0.381. The Bertz CT molecular complexity index is 295. The summed E-state index contributed by atoms with van der Waals surface area (Å²) < 4.78 is 0. The van der Waals surface area contributed by atoms with E-state index < -0.39 is 0 Å². The van der Waals surface area contributed by atoms with Crippen LogP contribution in [0.15, 0.2) is 0 Å². The second-order valence-corrected chi connectivity index (χ2v) is 6.58. The fraction of sp³-hybridized carbons (Fsp3) is 0.929. The van der Waals surface area contributed by atoms with Gasteiger partial charge in [0.15, 0.2) is 0 Å². The molecule has 0 spiro atoms. The van der Waals surface area contributed by atoms with E-state index in [1.165, 1.54) is 0 Å². The van der Waals surface area contributed by atoms with Crippen LogP contribution >= 0.6 is 0 Å².